The highest BCUT2D eigenvalue weighted by Crippen LogP contribution is 2.26. The van der Waals surface area contributed by atoms with Gasteiger partial charge in [-0.25, -0.2) is 4.79 Å². The fourth-order valence-corrected chi connectivity index (χ4v) is 2.92. The van der Waals surface area contributed by atoms with E-state index in [4.69, 9.17) is 4.74 Å². The molecule has 0 spiro atoms. The fraction of sp³-hybridized carbons (Fsp3) is 0.545. The van der Waals surface area contributed by atoms with Gasteiger partial charge in [-0.2, -0.15) is 0 Å². The number of nitrogens with zero attached hydrogens (tertiary/aromatic N) is 1. The minimum absolute atomic E-state index is 0.325. The van der Waals surface area contributed by atoms with Crippen molar-refractivity contribution in [2.75, 3.05) is 20.2 Å². The first kappa shape index (κ1) is 25.9. The van der Waals surface area contributed by atoms with Crippen molar-refractivity contribution >= 4 is 23.9 Å². The van der Waals surface area contributed by atoms with Crippen molar-refractivity contribution in [3.05, 3.63) is 35.4 Å². The van der Waals surface area contributed by atoms with Gasteiger partial charge in [-0.05, 0) is 52.7 Å². The van der Waals surface area contributed by atoms with E-state index in [-0.39, 0.29) is 19.1 Å². The van der Waals surface area contributed by atoms with Crippen LogP contribution in [0, 0.1) is 6.92 Å². The van der Waals surface area contributed by atoms with Gasteiger partial charge in [0.1, 0.15) is 24.7 Å². The zero-order chi connectivity index (χ0) is 23.8. The molecule has 1 aromatic carbocycles. The van der Waals surface area contributed by atoms with Crippen molar-refractivity contribution in [3.8, 4) is 0 Å². The van der Waals surface area contributed by atoms with Crippen LogP contribution in [0.25, 0.3) is 0 Å². The van der Waals surface area contributed by atoms with E-state index in [0.717, 1.165) is 5.56 Å². The predicted molar refractivity (Wildman–Crippen MR) is 115 cm³/mol. The zero-order valence-electron chi connectivity index (χ0n) is 19.3. The Hall–Kier alpha value is -3.10. The summed E-state index contributed by atoms with van der Waals surface area (Å²) in [5.74, 6) is -1.60. The molecule has 0 radical (unpaired) electrons. The number of ether oxygens (including phenoxy) is 2. The first-order chi connectivity index (χ1) is 14.4. The Balaban J connectivity index is 3.16. The average Bonchev–Trinajstić information content (AvgIpc) is 2.67. The van der Waals surface area contributed by atoms with Gasteiger partial charge in [-0.3, -0.25) is 14.4 Å². The number of esters is 1. The molecule has 0 heterocycles. The molecule has 0 aromatic heterocycles. The van der Waals surface area contributed by atoms with Crippen LogP contribution in [0.4, 0.5) is 4.79 Å². The first-order valence-corrected chi connectivity index (χ1v) is 10.1. The molecule has 1 aromatic rings. The van der Waals surface area contributed by atoms with E-state index >= 15 is 0 Å². The van der Waals surface area contributed by atoms with Crippen molar-refractivity contribution < 1.29 is 28.7 Å². The maximum atomic E-state index is 13.1. The quantitative estimate of drug-likeness (QED) is 0.605. The number of benzene rings is 1. The minimum atomic E-state index is -1.00. The van der Waals surface area contributed by atoms with Gasteiger partial charge in [0.15, 0.2) is 0 Å². The second-order valence-electron chi connectivity index (χ2n) is 8.30. The lowest BCUT2D eigenvalue weighted by Gasteiger charge is -2.35. The fourth-order valence-electron chi connectivity index (χ4n) is 2.92. The van der Waals surface area contributed by atoms with Crippen molar-refractivity contribution in [1.29, 1.82) is 0 Å². The standard InChI is InChI=1S/C22H33N3O6/c1-14(2)25(17(26)12-24-21(29)31-22(4,5)6)19(16-11-9-8-10-15(16)3)20(28)23-13-18(27)30-7/h8-11,14,19H,12-13H2,1-7H3,(H,23,28)(H,24,29). The van der Waals surface area contributed by atoms with E-state index in [0.29, 0.717) is 5.56 Å². The van der Waals surface area contributed by atoms with Crippen LogP contribution in [0.3, 0.4) is 0 Å². The van der Waals surface area contributed by atoms with Crippen LogP contribution in [-0.4, -0.2) is 60.6 Å². The number of carbonyl (C=O) groups excluding carboxylic acids is 4. The van der Waals surface area contributed by atoms with Gasteiger partial charge < -0.3 is 25.0 Å². The summed E-state index contributed by atoms with van der Waals surface area (Å²) in [4.78, 5) is 51.0. The van der Waals surface area contributed by atoms with Crippen LogP contribution in [-0.2, 0) is 23.9 Å². The van der Waals surface area contributed by atoms with Gasteiger partial charge in [0.05, 0.1) is 7.11 Å². The molecule has 9 nitrogen and oxygen atoms in total. The average molecular weight is 436 g/mol. The maximum absolute atomic E-state index is 13.1. The molecule has 1 rings (SSSR count). The second kappa shape index (κ2) is 11.3. The molecule has 31 heavy (non-hydrogen) atoms. The number of rotatable bonds is 8. The molecule has 0 aliphatic carbocycles. The maximum Gasteiger partial charge on any atom is 0.408 e. The SMILES string of the molecule is COC(=O)CNC(=O)C(c1ccccc1C)N(C(=O)CNC(=O)OC(C)(C)C)C(C)C. The number of methoxy groups -OCH3 is 1. The Morgan fingerprint density at radius 2 is 1.65 bits per heavy atom. The lowest BCUT2D eigenvalue weighted by atomic mass is 9.97. The Morgan fingerprint density at radius 3 is 2.16 bits per heavy atom. The number of amides is 3. The third-order valence-corrected chi connectivity index (χ3v) is 4.27. The number of aryl methyl sites for hydroxylation is 1. The van der Waals surface area contributed by atoms with Crippen LogP contribution >= 0.6 is 0 Å². The highest BCUT2D eigenvalue weighted by Gasteiger charge is 2.34. The molecular weight excluding hydrogens is 402 g/mol. The van der Waals surface area contributed by atoms with E-state index in [1.165, 1.54) is 12.0 Å². The minimum Gasteiger partial charge on any atom is -0.468 e. The number of hydrogen-bond acceptors (Lipinski definition) is 6. The second-order valence-corrected chi connectivity index (χ2v) is 8.30. The largest absolute Gasteiger partial charge is 0.468 e. The summed E-state index contributed by atoms with van der Waals surface area (Å²) in [6.45, 7) is 9.85. The monoisotopic (exact) mass is 435 g/mol. The molecule has 0 bridgehead atoms. The molecule has 2 N–H and O–H groups in total. The third-order valence-electron chi connectivity index (χ3n) is 4.27. The molecule has 1 atom stereocenters. The first-order valence-electron chi connectivity index (χ1n) is 10.1. The van der Waals surface area contributed by atoms with Gasteiger partial charge in [0, 0.05) is 6.04 Å². The molecule has 0 aliphatic rings. The summed E-state index contributed by atoms with van der Waals surface area (Å²) in [6.07, 6.45) is -0.729. The van der Waals surface area contributed by atoms with Crippen LogP contribution in [0.15, 0.2) is 24.3 Å². The Labute approximate surface area is 183 Å². The molecular formula is C22H33N3O6. The van der Waals surface area contributed by atoms with Crippen LogP contribution in [0.5, 0.6) is 0 Å². The van der Waals surface area contributed by atoms with Crippen molar-refractivity contribution in [2.24, 2.45) is 0 Å². The molecule has 0 aliphatic heterocycles. The topological polar surface area (TPSA) is 114 Å². The zero-order valence-corrected chi connectivity index (χ0v) is 19.3. The van der Waals surface area contributed by atoms with Crippen LogP contribution in [0.2, 0.25) is 0 Å². The Kier molecular flexibility index (Phi) is 9.48. The van der Waals surface area contributed by atoms with Gasteiger partial charge in [-0.15, -0.1) is 0 Å². The van der Waals surface area contributed by atoms with Gasteiger partial charge in [-0.1, -0.05) is 24.3 Å². The molecule has 172 valence electrons. The van der Waals surface area contributed by atoms with Gasteiger partial charge >= 0.3 is 12.1 Å². The van der Waals surface area contributed by atoms with Crippen molar-refractivity contribution in [3.63, 3.8) is 0 Å². The molecule has 3 amide bonds. The highest BCUT2D eigenvalue weighted by atomic mass is 16.6. The summed E-state index contributed by atoms with van der Waals surface area (Å²) in [6, 6.07) is 5.80. The van der Waals surface area contributed by atoms with Gasteiger partial charge in [0.25, 0.3) is 0 Å². The van der Waals surface area contributed by atoms with Gasteiger partial charge in [0.2, 0.25) is 11.8 Å². The number of hydrogen-bond donors (Lipinski definition) is 2. The Morgan fingerprint density at radius 1 is 1.03 bits per heavy atom. The summed E-state index contributed by atoms with van der Waals surface area (Å²) >= 11 is 0. The van der Waals surface area contributed by atoms with Crippen molar-refractivity contribution in [2.45, 2.75) is 59.2 Å². The van der Waals surface area contributed by atoms with Crippen molar-refractivity contribution in [1.82, 2.24) is 15.5 Å². The molecule has 0 fully saturated rings. The number of nitrogens with one attached hydrogen (secondary N) is 2. The Bertz CT molecular complexity index is 801. The summed E-state index contributed by atoms with van der Waals surface area (Å²) in [5.41, 5.74) is 0.714. The molecule has 0 saturated carbocycles. The molecule has 9 heteroatoms. The van der Waals surface area contributed by atoms with E-state index < -0.39 is 35.5 Å². The summed E-state index contributed by atoms with van der Waals surface area (Å²) in [7, 11) is 1.22. The number of carbonyl (C=O) groups is 4. The third kappa shape index (κ3) is 8.27. The predicted octanol–water partition coefficient (Wildman–Crippen LogP) is 2.09. The van der Waals surface area contributed by atoms with E-state index in [1.54, 1.807) is 46.8 Å². The van der Waals surface area contributed by atoms with E-state index in [2.05, 4.69) is 15.4 Å². The lowest BCUT2D eigenvalue weighted by molar-refractivity contribution is -0.144. The number of alkyl carbamates (subject to hydrolysis) is 1. The highest BCUT2D eigenvalue weighted by molar-refractivity contribution is 5.92. The van der Waals surface area contributed by atoms with E-state index in [1.807, 2.05) is 19.1 Å². The van der Waals surface area contributed by atoms with E-state index in [9.17, 15) is 19.2 Å². The summed E-state index contributed by atoms with van der Waals surface area (Å²) in [5, 5.41) is 4.96. The lowest BCUT2D eigenvalue weighted by Crippen LogP contribution is -2.51. The normalized spacial score (nSPS) is 12.0. The molecule has 1 unspecified atom stereocenters. The molecule has 0 saturated heterocycles. The summed E-state index contributed by atoms with van der Waals surface area (Å²) < 4.78 is 9.74. The smallest absolute Gasteiger partial charge is 0.408 e. The van der Waals surface area contributed by atoms with Crippen LogP contribution in [0.1, 0.15) is 51.8 Å². The van der Waals surface area contributed by atoms with Crippen LogP contribution < -0.4 is 10.6 Å².